The molecule has 6 heteroatoms. The Balaban J connectivity index is 1.66. The van der Waals surface area contributed by atoms with Gasteiger partial charge in [-0.25, -0.2) is 4.39 Å². The Morgan fingerprint density at radius 2 is 1.96 bits per heavy atom. The smallest absolute Gasteiger partial charge is 0.275 e. The molecule has 0 aliphatic carbocycles. The van der Waals surface area contributed by atoms with Gasteiger partial charge in [0.05, 0.1) is 13.1 Å². The molecule has 0 saturated carbocycles. The fourth-order valence-electron chi connectivity index (χ4n) is 2.97. The Morgan fingerprint density at radius 1 is 1.19 bits per heavy atom. The van der Waals surface area contributed by atoms with Gasteiger partial charge >= 0.3 is 0 Å². The van der Waals surface area contributed by atoms with Crippen molar-refractivity contribution < 1.29 is 14.1 Å². The Labute approximate surface area is 167 Å². The van der Waals surface area contributed by atoms with Crippen LogP contribution in [0.5, 0.6) is 0 Å². The van der Waals surface area contributed by atoms with Crippen LogP contribution in [0.15, 0.2) is 66.0 Å². The van der Waals surface area contributed by atoms with Gasteiger partial charge in [0.15, 0.2) is 6.54 Å². The fourth-order valence-corrected chi connectivity index (χ4v) is 3.99. The highest BCUT2D eigenvalue weighted by molar-refractivity contribution is 7.10. The van der Waals surface area contributed by atoms with Crippen molar-refractivity contribution in [2.24, 2.45) is 0 Å². The van der Waals surface area contributed by atoms with Crippen molar-refractivity contribution in [1.29, 1.82) is 0 Å². The van der Waals surface area contributed by atoms with E-state index in [1.165, 1.54) is 12.1 Å². The van der Waals surface area contributed by atoms with Crippen molar-refractivity contribution in [3.63, 3.8) is 0 Å². The minimum Gasteiger partial charge on any atom is -0.339 e. The molecule has 0 radical (unpaired) electrons. The lowest BCUT2D eigenvalue weighted by atomic mass is 10.1. The number of likely N-dealkylation sites (N-methyl/N-ethyl adjacent to an activating group) is 1. The molecule has 3 aromatic rings. The SMILES string of the molecule is C[NH+](CC(=O)N[C@H](c1ccc(F)cc1)c1cccs1)Cc1cccc(Cl)c1. The van der Waals surface area contributed by atoms with Gasteiger partial charge in [-0.3, -0.25) is 4.79 Å². The van der Waals surface area contributed by atoms with Crippen LogP contribution in [0.2, 0.25) is 5.02 Å². The molecular weight excluding hydrogens is 383 g/mol. The summed E-state index contributed by atoms with van der Waals surface area (Å²) in [5, 5.41) is 5.75. The third-order valence-electron chi connectivity index (χ3n) is 4.19. The molecule has 1 amide bonds. The first-order chi connectivity index (χ1) is 13.0. The molecule has 0 fully saturated rings. The summed E-state index contributed by atoms with van der Waals surface area (Å²) in [6.07, 6.45) is 0. The maximum Gasteiger partial charge on any atom is 0.275 e. The number of benzene rings is 2. The van der Waals surface area contributed by atoms with Crippen LogP contribution in [0.1, 0.15) is 22.0 Å². The molecule has 0 spiro atoms. The Morgan fingerprint density at radius 3 is 2.63 bits per heavy atom. The Hall–Kier alpha value is -2.21. The number of amides is 1. The molecule has 1 heterocycles. The highest BCUT2D eigenvalue weighted by atomic mass is 35.5. The molecule has 1 unspecified atom stereocenters. The molecule has 0 bridgehead atoms. The first kappa shape index (κ1) is 19.5. The van der Waals surface area contributed by atoms with E-state index < -0.39 is 0 Å². The Kier molecular flexibility index (Phi) is 6.61. The van der Waals surface area contributed by atoms with E-state index in [9.17, 15) is 9.18 Å². The van der Waals surface area contributed by atoms with Crippen molar-refractivity contribution in [2.45, 2.75) is 12.6 Å². The molecule has 2 N–H and O–H groups in total. The number of hydrogen-bond donors (Lipinski definition) is 2. The minimum atomic E-state index is -0.291. The van der Waals surface area contributed by atoms with E-state index in [1.807, 2.05) is 48.8 Å². The molecule has 0 aliphatic heterocycles. The molecule has 3 rings (SSSR count). The van der Waals surface area contributed by atoms with E-state index in [0.717, 1.165) is 20.9 Å². The predicted molar refractivity (Wildman–Crippen MR) is 108 cm³/mol. The van der Waals surface area contributed by atoms with E-state index in [4.69, 9.17) is 11.6 Å². The number of thiophene rings is 1. The quantitative estimate of drug-likeness (QED) is 0.622. The molecule has 27 heavy (non-hydrogen) atoms. The van der Waals surface area contributed by atoms with Gasteiger partial charge in [-0.15, -0.1) is 11.3 Å². The van der Waals surface area contributed by atoms with E-state index in [2.05, 4.69) is 5.32 Å². The van der Waals surface area contributed by atoms with Gasteiger partial charge in [0.25, 0.3) is 5.91 Å². The largest absolute Gasteiger partial charge is 0.339 e. The summed E-state index contributed by atoms with van der Waals surface area (Å²) in [7, 11) is 1.97. The molecule has 2 atom stereocenters. The van der Waals surface area contributed by atoms with Gasteiger partial charge in [-0.2, -0.15) is 0 Å². The molecule has 0 saturated heterocycles. The third kappa shape index (κ3) is 5.63. The lowest BCUT2D eigenvalue weighted by Gasteiger charge is -2.20. The van der Waals surface area contributed by atoms with E-state index in [-0.39, 0.29) is 17.8 Å². The average molecular weight is 404 g/mol. The molecular formula is C21H21ClFN2OS+. The molecule has 2 aromatic carbocycles. The maximum absolute atomic E-state index is 13.3. The molecule has 1 aromatic heterocycles. The van der Waals surface area contributed by atoms with Crippen molar-refractivity contribution in [2.75, 3.05) is 13.6 Å². The summed E-state index contributed by atoms with van der Waals surface area (Å²) in [5.74, 6) is -0.349. The Bertz CT molecular complexity index is 883. The zero-order chi connectivity index (χ0) is 19.2. The second-order valence-electron chi connectivity index (χ2n) is 6.51. The van der Waals surface area contributed by atoms with Crippen molar-refractivity contribution >= 4 is 28.8 Å². The maximum atomic E-state index is 13.3. The van der Waals surface area contributed by atoms with Crippen molar-refractivity contribution in [1.82, 2.24) is 5.32 Å². The predicted octanol–water partition coefficient (Wildman–Crippen LogP) is 3.46. The summed E-state index contributed by atoms with van der Waals surface area (Å²) < 4.78 is 13.3. The number of rotatable bonds is 7. The third-order valence-corrected chi connectivity index (χ3v) is 5.37. The number of quaternary nitrogens is 1. The number of hydrogen-bond acceptors (Lipinski definition) is 2. The minimum absolute atomic E-state index is 0.0581. The second kappa shape index (κ2) is 9.13. The topological polar surface area (TPSA) is 33.5 Å². The van der Waals surface area contributed by atoms with Crippen molar-refractivity contribution in [3.8, 4) is 0 Å². The van der Waals surface area contributed by atoms with Crippen molar-refractivity contribution in [3.05, 3.63) is 92.9 Å². The summed E-state index contributed by atoms with van der Waals surface area (Å²) in [6.45, 7) is 1.03. The van der Waals surface area contributed by atoms with Crippen LogP contribution >= 0.6 is 22.9 Å². The number of halogens is 2. The highest BCUT2D eigenvalue weighted by Crippen LogP contribution is 2.26. The van der Waals surface area contributed by atoms with Gasteiger partial charge in [-0.05, 0) is 41.3 Å². The van der Waals surface area contributed by atoms with Crippen LogP contribution in [0.4, 0.5) is 4.39 Å². The first-order valence-electron chi connectivity index (χ1n) is 8.65. The number of nitrogens with one attached hydrogen (secondary N) is 2. The molecule has 140 valence electrons. The monoisotopic (exact) mass is 403 g/mol. The highest BCUT2D eigenvalue weighted by Gasteiger charge is 2.20. The fraction of sp³-hybridized carbons (Fsp3) is 0.190. The van der Waals surface area contributed by atoms with E-state index in [0.29, 0.717) is 18.1 Å². The van der Waals surface area contributed by atoms with Crippen LogP contribution < -0.4 is 10.2 Å². The zero-order valence-electron chi connectivity index (χ0n) is 14.9. The normalized spacial score (nSPS) is 13.1. The van der Waals surface area contributed by atoms with Crippen LogP contribution in [0.25, 0.3) is 0 Å². The number of carbonyl (C=O) groups excluding carboxylic acids is 1. The van der Waals surface area contributed by atoms with Gasteiger partial charge < -0.3 is 10.2 Å². The average Bonchev–Trinajstić information content (AvgIpc) is 3.15. The zero-order valence-corrected chi connectivity index (χ0v) is 16.5. The number of carbonyl (C=O) groups is 1. The lowest BCUT2D eigenvalue weighted by Crippen LogP contribution is -3.08. The van der Waals surface area contributed by atoms with Gasteiger partial charge in [0, 0.05) is 15.5 Å². The van der Waals surface area contributed by atoms with Crippen LogP contribution in [0, 0.1) is 5.82 Å². The standard InChI is InChI=1S/C21H20ClFN2OS/c1-25(13-15-4-2-5-17(22)12-15)14-20(26)24-21(19-6-3-11-27-19)16-7-9-18(23)10-8-16/h2-12,21H,13-14H2,1H3,(H,24,26)/p+1/t21-/m1/s1. The summed E-state index contributed by atoms with van der Waals surface area (Å²) in [6, 6.07) is 17.5. The molecule has 0 aliphatic rings. The van der Waals surface area contributed by atoms with Gasteiger partial charge in [0.1, 0.15) is 12.4 Å². The second-order valence-corrected chi connectivity index (χ2v) is 7.92. The van der Waals surface area contributed by atoms with E-state index >= 15 is 0 Å². The first-order valence-corrected chi connectivity index (χ1v) is 9.91. The van der Waals surface area contributed by atoms with Crippen LogP contribution in [0.3, 0.4) is 0 Å². The summed E-state index contributed by atoms with van der Waals surface area (Å²) >= 11 is 7.59. The summed E-state index contributed by atoms with van der Waals surface area (Å²) in [4.78, 5) is 14.7. The lowest BCUT2D eigenvalue weighted by molar-refractivity contribution is -0.885. The summed E-state index contributed by atoms with van der Waals surface area (Å²) in [5.41, 5.74) is 1.95. The van der Waals surface area contributed by atoms with Gasteiger partial charge in [-0.1, -0.05) is 41.9 Å². The van der Waals surface area contributed by atoms with Crippen LogP contribution in [-0.4, -0.2) is 19.5 Å². The van der Waals surface area contributed by atoms with Gasteiger partial charge in [0.2, 0.25) is 0 Å². The molecule has 3 nitrogen and oxygen atoms in total. The van der Waals surface area contributed by atoms with Crippen LogP contribution in [-0.2, 0) is 11.3 Å². The van der Waals surface area contributed by atoms with E-state index in [1.54, 1.807) is 23.5 Å².